The molecule has 0 amide bonds. The van der Waals surface area contributed by atoms with Gasteiger partial charge in [0, 0.05) is 254 Å². The average molecular weight is 1980 g/mol. The molecule has 0 saturated carbocycles. The number of hydrogen-bond acceptors (Lipinski definition) is 30. The number of fused-ring (bicyclic) bond motifs is 10. The summed E-state index contributed by atoms with van der Waals surface area (Å²) in [5, 5.41) is 6.72. The molecule has 2 N–H and O–H groups in total. The van der Waals surface area contributed by atoms with Gasteiger partial charge in [-0.1, -0.05) is 6.92 Å². The van der Waals surface area contributed by atoms with E-state index in [0.717, 1.165) is 153 Å². The maximum Gasteiger partial charge on any atom is 0.258 e. The second-order valence-corrected chi connectivity index (χ2v) is 37.2. The first kappa shape index (κ1) is 95.9. The minimum absolute atomic E-state index is 0.179. The highest BCUT2D eigenvalue weighted by atomic mass is 19.1. The van der Waals surface area contributed by atoms with E-state index in [2.05, 4.69) is 135 Å². The molecule has 5 fully saturated rings. The van der Waals surface area contributed by atoms with Crippen molar-refractivity contribution in [3.8, 4) is 56.3 Å². The molecule has 0 unspecified atom stereocenters. The Hall–Kier alpha value is -16.3. The molecule has 2 atom stereocenters. The number of aromatic nitrogens is 15. The van der Waals surface area contributed by atoms with E-state index in [1.807, 2.05) is 91.6 Å². The Kier molecular flexibility index (Phi) is 26.1. The van der Waals surface area contributed by atoms with Gasteiger partial charge in [0.05, 0.1) is 56.9 Å². The predicted molar refractivity (Wildman–Crippen MR) is 549 cm³/mol. The van der Waals surface area contributed by atoms with Crippen LogP contribution < -0.4 is 62.9 Å². The zero-order valence-electron chi connectivity index (χ0n) is 81.7. The topological polar surface area (TPSA) is 352 Å². The molecule has 20 aromatic rings. The number of rotatable bonds is 11. The second kappa shape index (κ2) is 39.8. The molecule has 25 rings (SSSR count). The summed E-state index contributed by atoms with van der Waals surface area (Å²) < 4.78 is 107. The third-order valence-corrected chi connectivity index (χ3v) is 27.1. The number of benzene rings is 5. The lowest BCUT2D eigenvalue weighted by molar-refractivity contribution is 0.234. The van der Waals surface area contributed by atoms with E-state index < -0.39 is 29.1 Å². The zero-order valence-corrected chi connectivity index (χ0v) is 81.7. The summed E-state index contributed by atoms with van der Waals surface area (Å²) >= 11 is 0. The largest absolute Gasteiger partial charge is 0.441 e. The average Bonchev–Trinajstić information content (AvgIpc) is 1.33. The van der Waals surface area contributed by atoms with Crippen LogP contribution in [0.25, 0.3) is 140 Å². The lowest BCUT2D eigenvalue weighted by atomic mass is 10.1. The minimum atomic E-state index is -0.500. The fourth-order valence-electron chi connectivity index (χ4n) is 19.1. The van der Waals surface area contributed by atoms with Crippen LogP contribution in [-0.4, -0.2) is 237 Å². The van der Waals surface area contributed by atoms with Crippen molar-refractivity contribution in [3.05, 3.63) is 293 Å². The molecule has 5 aliphatic rings. The summed E-state index contributed by atoms with van der Waals surface area (Å²) in [7, 11) is 4.23. The minimum Gasteiger partial charge on any atom is -0.441 e. The molecule has 746 valence electrons. The highest BCUT2D eigenvalue weighted by molar-refractivity contribution is 5.85. The fourth-order valence-corrected chi connectivity index (χ4v) is 19.1. The Morgan fingerprint density at radius 2 is 0.568 bits per heavy atom. The zero-order chi connectivity index (χ0) is 101. The van der Waals surface area contributed by atoms with Crippen molar-refractivity contribution in [2.45, 2.75) is 67.5 Å². The lowest BCUT2D eigenvalue weighted by Gasteiger charge is -2.39. The van der Waals surface area contributed by atoms with Gasteiger partial charge in [0.1, 0.15) is 55.8 Å². The van der Waals surface area contributed by atoms with Gasteiger partial charge in [0.15, 0.2) is 86.5 Å². The Morgan fingerprint density at radius 1 is 0.308 bits per heavy atom. The Bertz CT molecular complexity index is 8810. The molecule has 5 aliphatic heterocycles. The van der Waals surface area contributed by atoms with Gasteiger partial charge in [-0.15, -0.1) is 0 Å². The molecular formula is C106H102F5N25O10. The maximum absolute atomic E-state index is 14.4. The van der Waals surface area contributed by atoms with Crippen LogP contribution in [0.1, 0.15) is 50.2 Å². The van der Waals surface area contributed by atoms with E-state index in [-0.39, 0.29) is 55.4 Å². The molecule has 0 aliphatic carbocycles. The molecule has 20 heterocycles. The Morgan fingerprint density at radius 3 is 0.849 bits per heavy atom. The summed E-state index contributed by atoms with van der Waals surface area (Å²) in [5.74, 6) is -0.557. The maximum atomic E-state index is 14.4. The van der Waals surface area contributed by atoms with Gasteiger partial charge in [-0.2, -0.15) is 0 Å². The van der Waals surface area contributed by atoms with E-state index in [9.17, 15) is 45.9 Å². The van der Waals surface area contributed by atoms with Crippen molar-refractivity contribution >= 4 is 112 Å². The standard InChI is InChI=1S/2C22H22FN5O2.2C21H20FN5O2.C20H18FN5O2/c1-13-11-27(7-6-26(13)3)16-4-5-20-25-18(10-21(29)28(20)12-16)15-8-17(23)22-19(9-15)30-14(2)24-22;1-3-26-6-8-27(9-7-26)16-4-5-20-25-18(12-21(29)28(20)13-16)15-10-17(23)22-19(11-15)30-14(2)24-22;1-13-23-21-16(22)9-14(10-18(21)29-13)17-11-20(28)27-12-15(3-4-19(27)24-17)26-7-5-25(2)6-8-26;1-12-10-26(6-5-23-12)15-3-4-19-25-17(9-20(28)27(19)11-15)14-7-16(22)21-18(8-14)29-13(2)24-21;1-12-23-20-15(21)8-13(9-17(20)28-12)16-10-19(27)26-11-14(2-3-18(26)24-16)25-6-4-22-5-7-25/h4-5,8-10,12-13H,6-7,11H2,1-3H3;4-5,10-13H,3,6-9H2,1-2H3;3-4,9-12H,5-8H2,1-2H3;3-4,7-9,11-12,23H,5-6,10H2,1-2H3;2-3,8-11,22H,4-7H2,1H3/t13-;;;12-;/m0..0./s1. The number of likely N-dealkylation sites (N-methyl/N-ethyl adjacent to an activating group) is 3. The monoisotopic (exact) mass is 1980 g/mol. The molecule has 0 spiro atoms. The number of nitrogens with one attached hydrogen (secondary N) is 2. The number of pyridine rings is 5. The van der Waals surface area contributed by atoms with Gasteiger partial charge in [0.25, 0.3) is 27.8 Å². The van der Waals surface area contributed by atoms with Gasteiger partial charge in [-0.05, 0) is 156 Å². The van der Waals surface area contributed by atoms with E-state index in [1.54, 1.807) is 69.4 Å². The van der Waals surface area contributed by atoms with Crippen molar-refractivity contribution in [2.24, 2.45) is 0 Å². The van der Waals surface area contributed by atoms with Crippen LogP contribution in [0.2, 0.25) is 0 Å². The van der Waals surface area contributed by atoms with Crippen molar-refractivity contribution in [1.29, 1.82) is 0 Å². The normalized spacial score (nSPS) is 16.2. The summed E-state index contributed by atoms with van der Waals surface area (Å²) in [6.07, 6.45) is 9.11. The smallest absolute Gasteiger partial charge is 0.258 e. The number of anilines is 5. The fraction of sp³-hybridized carbons (Fsp3) is 0.292. The summed E-state index contributed by atoms with van der Waals surface area (Å²) in [4.78, 5) is 125. The molecule has 5 aromatic carbocycles. The Labute approximate surface area is 828 Å². The summed E-state index contributed by atoms with van der Waals surface area (Å²) in [6.45, 7) is 32.6. The molecule has 40 heteroatoms. The number of aryl methyl sites for hydroxylation is 5. The molecule has 35 nitrogen and oxygen atoms in total. The van der Waals surface area contributed by atoms with Gasteiger partial charge in [-0.3, -0.25) is 46.0 Å². The van der Waals surface area contributed by atoms with Crippen LogP contribution in [0.15, 0.2) is 229 Å². The van der Waals surface area contributed by atoms with Crippen LogP contribution in [0.4, 0.5) is 50.4 Å². The summed E-state index contributed by atoms with van der Waals surface area (Å²) in [6, 6.07) is 41.9. The molecule has 0 radical (unpaired) electrons. The van der Waals surface area contributed by atoms with Gasteiger partial charge < -0.3 is 71.9 Å². The molecular weight excluding hydrogens is 1880 g/mol. The van der Waals surface area contributed by atoms with Crippen LogP contribution in [0, 0.1) is 63.7 Å². The van der Waals surface area contributed by atoms with Crippen LogP contribution in [-0.2, 0) is 0 Å². The van der Waals surface area contributed by atoms with E-state index in [4.69, 9.17) is 22.1 Å². The first-order valence-electron chi connectivity index (χ1n) is 48.3. The third-order valence-electron chi connectivity index (χ3n) is 27.1. The molecule has 146 heavy (non-hydrogen) atoms. The molecule has 5 saturated heterocycles. The van der Waals surface area contributed by atoms with Crippen molar-refractivity contribution in [2.75, 3.05) is 163 Å². The highest BCUT2D eigenvalue weighted by Crippen LogP contribution is 2.35. The van der Waals surface area contributed by atoms with Crippen molar-refractivity contribution in [3.63, 3.8) is 0 Å². The first-order valence-corrected chi connectivity index (χ1v) is 48.3. The van der Waals surface area contributed by atoms with Gasteiger partial charge >= 0.3 is 0 Å². The van der Waals surface area contributed by atoms with Gasteiger partial charge in [-0.25, -0.2) is 71.8 Å². The van der Waals surface area contributed by atoms with Crippen LogP contribution in [0.3, 0.4) is 0 Å². The summed E-state index contributed by atoms with van der Waals surface area (Å²) in [5.41, 5.74) is 13.4. The lowest BCUT2D eigenvalue weighted by Crippen LogP contribution is -2.50. The SMILES string of the molecule is CCN1CCN(c2ccc3nc(-c4cc(F)c5nc(C)oc5c4)cc(=O)n3c2)CC1.Cc1nc2c(F)cc(-c3cc(=O)n4cc(N5CCN(C)CC5)ccc4n3)cc2o1.Cc1nc2c(F)cc(-c3cc(=O)n4cc(N5CCN(C)[C@@H](C)C5)ccc4n3)cc2o1.Cc1nc2c(F)cc(-c3cc(=O)n4cc(N5CCNCC5)ccc4n3)cc2o1.Cc1nc2c(F)cc(-c3cc(=O)n4cc(N5CCN[C@@H](C)C5)ccc4n3)cc2o1. The Balaban J connectivity index is 0.000000107. The first-order chi connectivity index (χ1) is 70.4. The quantitative estimate of drug-likeness (QED) is 0.114. The molecule has 15 aromatic heterocycles. The number of oxazole rings is 5. The second-order valence-electron chi connectivity index (χ2n) is 37.2. The highest BCUT2D eigenvalue weighted by Gasteiger charge is 2.28. The van der Waals surface area contributed by atoms with Crippen molar-refractivity contribution in [1.82, 2.24) is 97.2 Å². The van der Waals surface area contributed by atoms with Crippen LogP contribution in [0.5, 0.6) is 0 Å². The van der Waals surface area contributed by atoms with E-state index >= 15 is 0 Å². The number of nitrogens with zero attached hydrogens (tertiary/aromatic N) is 23. The predicted octanol–water partition coefficient (Wildman–Crippen LogP) is 14.0. The number of piperazine rings is 5. The molecule has 0 bridgehead atoms. The number of halogens is 5. The van der Waals surface area contributed by atoms with E-state index in [0.29, 0.717) is 154 Å². The number of hydrogen-bond donors (Lipinski definition) is 2. The van der Waals surface area contributed by atoms with Crippen LogP contribution >= 0.6 is 0 Å². The van der Waals surface area contributed by atoms with Gasteiger partial charge in [0.2, 0.25) is 0 Å². The van der Waals surface area contributed by atoms with E-state index in [1.165, 1.54) is 78.3 Å². The third kappa shape index (κ3) is 19.8. The van der Waals surface area contributed by atoms with Crippen molar-refractivity contribution < 1.29 is 44.0 Å².